The molecule has 0 atom stereocenters. The number of nitrogens with two attached hydrogens (primary N) is 1. The molecule has 1 rings (SSSR count). The maximum Gasteiger partial charge on any atom is 0.232 e. The zero-order valence-corrected chi connectivity index (χ0v) is 10.4. The van der Waals surface area contributed by atoms with E-state index < -0.39 is 0 Å². The molecule has 3 nitrogen and oxygen atoms in total. The Bertz CT molecular complexity index is 288. The van der Waals surface area contributed by atoms with Crippen LogP contribution in [0.5, 0.6) is 0 Å². The predicted molar refractivity (Wildman–Crippen MR) is 67.2 cm³/mol. The maximum atomic E-state index is 11.6. The van der Waals surface area contributed by atoms with Crippen LogP contribution in [0.4, 0.5) is 0 Å². The molecular weight excluding hydrogens is 228 g/mol. The van der Waals surface area contributed by atoms with E-state index in [1.165, 1.54) is 4.88 Å². The number of hydrogen-bond acceptors (Lipinski definition) is 4. The van der Waals surface area contributed by atoms with E-state index >= 15 is 0 Å². The van der Waals surface area contributed by atoms with Crippen molar-refractivity contribution in [1.29, 1.82) is 0 Å². The van der Waals surface area contributed by atoms with Crippen molar-refractivity contribution in [2.45, 2.75) is 6.54 Å². The first-order valence-electron chi connectivity index (χ1n) is 4.78. The molecule has 0 radical (unpaired) electrons. The fourth-order valence-electron chi connectivity index (χ4n) is 1.08. The Kier molecular flexibility index (Phi) is 5.75. The second kappa shape index (κ2) is 6.87. The van der Waals surface area contributed by atoms with Crippen molar-refractivity contribution in [2.75, 3.05) is 25.1 Å². The van der Waals surface area contributed by atoms with Crippen molar-refractivity contribution < 1.29 is 4.79 Å². The lowest BCUT2D eigenvalue weighted by molar-refractivity contribution is -0.127. The van der Waals surface area contributed by atoms with Crippen molar-refractivity contribution in [3.8, 4) is 0 Å². The van der Waals surface area contributed by atoms with E-state index in [2.05, 4.69) is 0 Å². The van der Waals surface area contributed by atoms with Crippen LogP contribution >= 0.6 is 23.1 Å². The van der Waals surface area contributed by atoms with Crippen LogP contribution < -0.4 is 5.73 Å². The number of carbonyl (C=O) groups excluding carboxylic acids is 1. The molecule has 0 fully saturated rings. The average molecular weight is 244 g/mol. The molecule has 0 bridgehead atoms. The van der Waals surface area contributed by atoms with Gasteiger partial charge < -0.3 is 10.6 Å². The van der Waals surface area contributed by atoms with Crippen molar-refractivity contribution in [1.82, 2.24) is 4.90 Å². The molecule has 1 aromatic rings. The van der Waals surface area contributed by atoms with Crippen LogP contribution in [-0.2, 0) is 11.3 Å². The van der Waals surface area contributed by atoms with Crippen LogP contribution in [0.1, 0.15) is 4.88 Å². The third-order valence-electron chi connectivity index (χ3n) is 1.89. The van der Waals surface area contributed by atoms with Crippen LogP contribution in [0, 0.1) is 0 Å². The molecule has 0 unspecified atom stereocenters. The van der Waals surface area contributed by atoms with E-state index in [-0.39, 0.29) is 5.91 Å². The van der Waals surface area contributed by atoms with E-state index in [4.69, 9.17) is 5.73 Å². The van der Waals surface area contributed by atoms with Crippen LogP contribution in [0.2, 0.25) is 0 Å². The summed E-state index contributed by atoms with van der Waals surface area (Å²) in [5.41, 5.74) is 5.36. The number of amides is 1. The Hall–Kier alpha value is -0.520. The summed E-state index contributed by atoms with van der Waals surface area (Å²) in [5, 5.41) is 2.02. The lowest BCUT2D eigenvalue weighted by Gasteiger charge is -2.15. The fraction of sp³-hybridized carbons (Fsp3) is 0.500. The van der Waals surface area contributed by atoms with Gasteiger partial charge in [-0.25, -0.2) is 0 Å². The molecule has 1 aromatic heterocycles. The van der Waals surface area contributed by atoms with Gasteiger partial charge in [-0.15, -0.1) is 11.3 Å². The van der Waals surface area contributed by atoms with Gasteiger partial charge in [-0.1, -0.05) is 6.07 Å². The van der Waals surface area contributed by atoms with Crippen molar-refractivity contribution >= 4 is 29.0 Å². The molecule has 0 aliphatic rings. The lowest BCUT2D eigenvalue weighted by atomic mass is 10.4. The Balaban J connectivity index is 2.27. The summed E-state index contributed by atoms with van der Waals surface area (Å²) in [6, 6.07) is 4.04. The smallest absolute Gasteiger partial charge is 0.232 e. The molecule has 0 saturated heterocycles. The number of thioether (sulfide) groups is 1. The molecule has 1 heterocycles. The number of carbonyl (C=O) groups is 1. The highest BCUT2D eigenvalue weighted by Crippen LogP contribution is 2.11. The quantitative estimate of drug-likeness (QED) is 0.769. The second-order valence-electron chi connectivity index (χ2n) is 3.17. The molecule has 0 aliphatic heterocycles. The van der Waals surface area contributed by atoms with Crippen LogP contribution in [0.25, 0.3) is 0 Å². The van der Waals surface area contributed by atoms with Crippen molar-refractivity contribution in [2.24, 2.45) is 5.73 Å². The first-order chi connectivity index (χ1) is 7.24. The second-order valence-corrected chi connectivity index (χ2v) is 5.31. The van der Waals surface area contributed by atoms with Gasteiger partial charge in [0.05, 0.1) is 12.3 Å². The molecule has 84 valence electrons. The molecule has 0 spiro atoms. The number of nitrogens with zero attached hydrogens (tertiary/aromatic N) is 1. The van der Waals surface area contributed by atoms with Crippen LogP contribution in [0.3, 0.4) is 0 Å². The predicted octanol–water partition coefficient (Wildman–Crippen LogP) is 1.40. The first-order valence-corrected chi connectivity index (χ1v) is 6.81. The summed E-state index contributed by atoms with van der Waals surface area (Å²) in [7, 11) is 1.84. The summed E-state index contributed by atoms with van der Waals surface area (Å²) in [5.74, 6) is 1.54. The summed E-state index contributed by atoms with van der Waals surface area (Å²) >= 11 is 3.27. The fourth-order valence-corrected chi connectivity index (χ4v) is 2.54. The minimum Gasteiger partial charge on any atom is -0.340 e. The highest BCUT2D eigenvalue weighted by molar-refractivity contribution is 7.99. The Labute approximate surface area is 98.6 Å². The molecule has 0 aliphatic carbocycles. The largest absolute Gasteiger partial charge is 0.340 e. The summed E-state index contributed by atoms with van der Waals surface area (Å²) in [6.45, 7) is 1.34. The molecular formula is C10H16N2OS2. The van der Waals surface area contributed by atoms with Gasteiger partial charge >= 0.3 is 0 Å². The first kappa shape index (κ1) is 12.5. The van der Waals surface area contributed by atoms with Gasteiger partial charge in [-0.05, 0) is 11.4 Å². The number of thiophene rings is 1. The highest BCUT2D eigenvalue weighted by atomic mass is 32.2. The third-order valence-corrected chi connectivity index (χ3v) is 3.72. The third kappa shape index (κ3) is 4.68. The van der Waals surface area contributed by atoms with E-state index in [0.29, 0.717) is 18.8 Å². The van der Waals surface area contributed by atoms with Crippen LogP contribution in [-0.4, -0.2) is 35.9 Å². The number of rotatable bonds is 6. The average Bonchev–Trinajstić information content (AvgIpc) is 2.70. The van der Waals surface area contributed by atoms with Crippen LogP contribution in [0.15, 0.2) is 17.5 Å². The standard InChI is InChI=1S/C10H16N2OS2/c1-12(7-9-3-2-5-15-9)10(13)8-14-6-4-11/h2-3,5H,4,6-8,11H2,1H3. The topological polar surface area (TPSA) is 46.3 Å². The van der Waals surface area contributed by atoms with Gasteiger partial charge in [0.1, 0.15) is 0 Å². The lowest BCUT2D eigenvalue weighted by Crippen LogP contribution is -2.27. The highest BCUT2D eigenvalue weighted by Gasteiger charge is 2.09. The van der Waals surface area contributed by atoms with E-state index in [1.54, 1.807) is 28.0 Å². The van der Waals surface area contributed by atoms with Crippen molar-refractivity contribution in [3.63, 3.8) is 0 Å². The zero-order valence-electron chi connectivity index (χ0n) is 8.81. The van der Waals surface area contributed by atoms with Gasteiger partial charge in [0.15, 0.2) is 0 Å². The summed E-state index contributed by atoms with van der Waals surface area (Å²) in [4.78, 5) is 14.6. The van der Waals surface area contributed by atoms with Gasteiger partial charge in [-0.3, -0.25) is 4.79 Å². The SMILES string of the molecule is CN(Cc1cccs1)C(=O)CSCCN. The van der Waals surface area contributed by atoms with Gasteiger partial charge in [0.25, 0.3) is 0 Å². The monoisotopic (exact) mass is 244 g/mol. The minimum atomic E-state index is 0.168. The summed E-state index contributed by atoms with van der Waals surface area (Å²) in [6.07, 6.45) is 0. The molecule has 5 heteroatoms. The normalized spacial score (nSPS) is 10.3. The van der Waals surface area contributed by atoms with E-state index in [9.17, 15) is 4.79 Å². The van der Waals surface area contributed by atoms with Gasteiger partial charge in [-0.2, -0.15) is 11.8 Å². The molecule has 15 heavy (non-hydrogen) atoms. The minimum absolute atomic E-state index is 0.168. The number of hydrogen-bond donors (Lipinski definition) is 1. The molecule has 0 aromatic carbocycles. The Morgan fingerprint density at radius 3 is 3.07 bits per heavy atom. The maximum absolute atomic E-state index is 11.6. The van der Waals surface area contributed by atoms with Gasteiger partial charge in [0, 0.05) is 24.2 Å². The molecule has 0 saturated carbocycles. The van der Waals surface area contributed by atoms with Gasteiger partial charge in [0.2, 0.25) is 5.91 Å². The molecule has 1 amide bonds. The van der Waals surface area contributed by atoms with E-state index in [0.717, 1.165) is 5.75 Å². The van der Waals surface area contributed by atoms with E-state index in [1.807, 2.05) is 24.6 Å². The summed E-state index contributed by atoms with van der Waals surface area (Å²) < 4.78 is 0. The Morgan fingerprint density at radius 1 is 1.67 bits per heavy atom. The zero-order chi connectivity index (χ0) is 11.1. The van der Waals surface area contributed by atoms with Crippen molar-refractivity contribution in [3.05, 3.63) is 22.4 Å². The Morgan fingerprint density at radius 2 is 2.47 bits per heavy atom. The molecule has 2 N–H and O–H groups in total.